The Morgan fingerprint density at radius 3 is 2.62 bits per heavy atom. The highest BCUT2D eigenvalue weighted by Gasteiger charge is 2.12. The zero-order valence-corrected chi connectivity index (χ0v) is 13.7. The van der Waals surface area contributed by atoms with E-state index >= 15 is 0 Å². The Kier molecular flexibility index (Phi) is 5.33. The first-order chi connectivity index (χ1) is 11.7. The van der Waals surface area contributed by atoms with Gasteiger partial charge in [-0.25, -0.2) is 0 Å². The van der Waals surface area contributed by atoms with Crippen LogP contribution < -0.4 is 21.7 Å². The molecule has 1 heterocycles. The smallest absolute Gasteiger partial charge is 0.255 e. The number of hydrogen-bond donors (Lipinski definition) is 4. The average Bonchev–Trinajstić information content (AvgIpc) is 2.86. The first kappa shape index (κ1) is 16.3. The molecule has 24 heavy (non-hydrogen) atoms. The lowest BCUT2D eigenvalue weighted by molar-refractivity contribution is 0.102. The van der Waals surface area contributed by atoms with Gasteiger partial charge < -0.3 is 21.7 Å². The number of nitrogen functional groups attached to an aromatic ring is 1. The molecular formula is C19H24N4O. The van der Waals surface area contributed by atoms with Crippen molar-refractivity contribution in [2.45, 2.75) is 25.3 Å². The molecule has 1 amide bonds. The molecule has 5 heteroatoms. The van der Waals surface area contributed by atoms with Gasteiger partial charge in [0.25, 0.3) is 5.91 Å². The van der Waals surface area contributed by atoms with E-state index in [0.29, 0.717) is 23.0 Å². The van der Waals surface area contributed by atoms with Crippen molar-refractivity contribution in [2.24, 2.45) is 0 Å². The molecule has 0 saturated carbocycles. The number of para-hydroxylation sites is 2. The summed E-state index contributed by atoms with van der Waals surface area (Å²) >= 11 is 0. The van der Waals surface area contributed by atoms with Crippen LogP contribution in [0.1, 0.15) is 29.6 Å². The van der Waals surface area contributed by atoms with Crippen LogP contribution in [0.25, 0.3) is 0 Å². The van der Waals surface area contributed by atoms with E-state index in [4.69, 9.17) is 5.73 Å². The van der Waals surface area contributed by atoms with Gasteiger partial charge in [-0.05, 0) is 68.8 Å². The fourth-order valence-corrected chi connectivity index (χ4v) is 2.92. The second-order valence-corrected chi connectivity index (χ2v) is 6.14. The summed E-state index contributed by atoms with van der Waals surface area (Å²) in [5, 5.41) is 9.81. The number of carbonyl (C=O) groups excluding carboxylic acids is 1. The summed E-state index contributed by atoms with van der Waals surface area (Å²) in [5.74, 6) is -0.155. The zero-order chi connectivity index (χ0) is 16.8. The first-order valence-corrected chi connectivity index (χ1v) is 8.45. The van der Waals surface area contributed by atoms with Crippen LogP contribution in [-0.4, -0.2) is 25.0 Å². The number of amides is 1. The van der Waals surface area contributed by atoms with E-state index in [1.807, 2.05) is 36.4 Å². The summed E-state index contributed by atoms with van der Waals surface area (Å²) in [6.07, 6.45) is 3.48. The normalized spacial score (nSPS) is 17.8. The van der Waals surface area contributed by atoms with E-state index in [0.717, 1.165) is 25.2 Å². The van der Waals surface area contributed by atoms with Crippen molar-refractivity contribution in [2.75, 3.05) is 29.5 Å². The topological polar surface area (TPSA) is 79.2 Å². The second-order valence-electron chi connectivity index (χ2n) is 6.14. The maximum Gasteiger partial charge on any atom is 0.255 e. The Hall–Kier alpha value is -2.53. The van der Waals surface area contributed by atoms with Crippen LogP contribution >= 0.6 is 0 Å². The van der Waals surface area contributed by atoms with Crippen LogP contribution in [-0.2, 0) is 0 Å². The standard InChI is InChI=1S/C19H24N4O/c20-17-5-1-2-6-18(17)23-19(24)14-7-9-16(10-8-14)22-15-4-3-12-21-13-11-15/h1-2,5-10,15,21-22H,3-4,11-13,20H2,(H,23,24). The van der Waals surface area contributed by atoms with E-state index in [9.17, 15) is 4.79 Å². The van der Waals surface area contributed by atoms with Crippen LogP contribution in [0.4, 0.5) is 17.1 Å². The van der Waals surface area contributed by atoms with Crippen LogP contribution in [0, 0.1) is 0 Å². The molecule has 0 radical (unpaired) electrons. The van der Waals surface area contributed by atoms with Crippen molar-refractivity contribution in [3.05, 3.63) is 54.1 Å². The third-order valence-electron chi connectivity index (χ3n) is 4.30. The fourth-order valence-electron chi connectivity index (χ4n) is 2.92. The molecule has 1 aliphatic rings. The van der Waals surface area contributed by atoms with Gasteiger partial charge in [-0.3, -0.25) is 4.79 Å². The highest BCUT2D eigenvalue weighted by Crippen LogP contribution is 2.19. The quantitative estimate of drug-likeness (QED) is 0.652. The maximum absolute atomic E-state index is 12.3. The molecule has 5 nitrogen and oxygen atoms in total. The van der Waals surface area contributed by atoms with E-state index in [-0.39, 0.29) is 5.91 Å². The van der Waals surface area contributed by atoms with Gasteiger partial charge in [-0.2, -0.15) is 0 Å². The molecule has 1 saturated heterocycles. The zero-order valence-electron chi connectivity index (χ0n) is 13.7. The third kappa shape index (κ3) is 4.26. The Morgan fingerprint density at radius 1 is 1.04 bits per heavy atom. The van der Waals surface area contributed by atoms with Crippen LogP contribution in [0.3, 0.4) is 0 Å². The van der Waals surface area contributed by atoms with Gasteiger partial charge in [0.15, 0.2) is 0 Å². The summed E-state index contributed by atoms with van der Waals surface area (Å²) < 4.78 is 0. The highest BCUT2D eigenvalue weighted by atomic mass is 16.1. The molecule has 1 unspecified atom stereocenters. The van der Waals surface area contributed by atoms with Gasteiger partial charge in [-0.1, -0.05) is 12.1 Å². The average molecular weight is 324 g/mol. The van der Waals surface area contributed by atoms with E-state index < -0.39 is 0 Å². The van der Waals surface area contributed by atoms with E-state index in [2.05, 4.69) is 16.0 Å². The fraction of sp³-hybridized carbons (Fsp3) is 0.316. The van der Waals surface area contributed by atoms with Crippen molar-refractivity contribution < 1.29 is 4.79 Å². The van der Waals surface area contributed by atoms with Gasteiger partial charge in [0.2, 0.25) is 0 Å². The molecule has 3 rings (SSSR count). The predicted molar refractivity (Wildman–Crippen MR) is 99.4 cm³/mol. The molecule has 1 aliphatic heterocycles. The van der Waals surface area contributed by atoms with Crippen molar-refractivity contribution in [3.8, 4) is 0 Å². The van der Waals surface area contributed by atoms with Crippen molar-refractivity contribution in [3.63, 3.8) is 0 Å². The minimum atomic E-state index is -0.155. The Morgan fingerprint density at radius 2 is 1.83 bits per heavy atom. The molecule has 2 aromatic carbocycles. The third-order valence-corrected chi connectivity index (χ3v) is 4.30. The Labute approximate surface area is 142 Å². The lowest BCUT2D eigenvalue weighted by atomic mass is 10.1. The molecule has 0 aromatic heterocycles. The number of nitrogens with one attached hydrogen (secondary N) is 3. The summed E-state index contributed by atoms with van der Waals surface area (Å²) in [6.45, 7) is 2.15. The van der Waals surface area contributed by atoms with Crippen molar-refractivity contribution in [1.29, 1.82) is 0 Å². The minimum Gasteiger partial charge on any atom is -0.397 e. The van der Waals surface area contributed by atoms with Crippen molar-refractivity contribution >= 4 is 23.0 Å². The highest BCUT2D eigenvalue weighted by molar-refractivity contribution is 6.05. The summed E-state index contributed by atoms with van der Waals surface area (Å²) in [5.41, 5.74) is 8.72. The molecule has 126 valence electrons. The Balaban J connectivity index is 1.61. The molecule has 0 aliphatic carbocycles. The number of nitrogens with two attached hydrogens (primary N) is 1. The summed E-state index contributed by atoms with van der Waals surface area (Å²) in [7, 11) is 0. The molecule has 0 bridgehead atoms. The van der Waals surface area contributed by atoms with Crippen LogP contribution in [0.2, 0.25) is 0 Å². The van der Waals surface area contributed by atoms with E-state index in [1.54, 1.807) is 12.1 Å². The van der Waals surface area contributed by atoms with Gasteiger partial charge in [0.1, 0.15) is 0 Å². The SMILES string of the molecule is Nc1ccccc1NC(=O)c1ccc(NC2CCCNCC2)cc1. The molecule has 1 fully saturated rings. The first-order valence-electron chi connectivity index (χ1n) is 8.45. The van der Waals surface area contributed by atoms with E-state index in [1.165, 1.54) is 12.8 Å². The summed E-state index contributed by atoms with van der Waals surface area (Å²) in [4.78, 5) is 12.3. The van der Waals surface area contributed by atoms with Gasteiger partial charge in [0.05, 0.1) is 11.4 Å². The summed E-state index contributed by atoms with van der Waals surface area (Å²) in [6, 6.07) is 15.3. The minimum absolute atomic E-state index is 0.155. The van der Waals surface area contributed by atoms with Crippen molar-refractivity contribution in [1.82, 2.24) is 5.32 Å². The van der Waals surface area contributed by atoms with Crippen LogP contribution in [0.5, 0.6) is 0 Å². The number of benzene rings is 2. The molecular weight excluding hydrogens is 300 g/mol. The predicted octanol–water partition coefficient (Wildman–Crippen LogP) is 3.08. The molecule has 5 N–H and O–H groups in total. The number of anilines is 3. The van der Waals surface area contributed by atoms with Gasteiger partial charge in [0, 0.05) is 17.3 Å². The second kappa shape index (κ2) is 7.84. The maximum atomic E-state index is 12.3. The largest absolute Gasteiger partial charge is 0.397 e. The van der Waals surface area contributed by atoms with Crippen LogP contribution in [0.15, 0.2) is 48.5 Å². The lowest BCUT2D eigenvalue weighted by Gasteiger charge is -2.17. The van der Waals surface area contributed by atoms with Gasteiger partial charge in [-0.15, -0.1) is 0 Å². The van der Waals surface area contributed by atoms with Gasteiger partial charge >= 0.3 is 0 Å². The number of rotatable bonds is 4. The number of carbonyl (C=O) groups is 1. The Bertz CT molecular complexity index is 676. The number of hydrogen-bond acceptors (Lipinski definition) is 4. The monoisotopic (exact) mass is 324 g/mol. The molecule has 1 atom stereocenters. The molecule has 2 aromatic rings. The lowest BCUT2D eigenvalue weighted by Crippen LogP contribution is -2.21. The molecule has 0 spiro atoms.